The van der Waals surface area contributed by atoms with Crippen molar-refractivity contribution in [3.63, 3.8) is 0 Å². The Morgan fingerprint density at radius 1 is 1.40 bits per heavy atom. The fraction of sp³-hybridized carbons (Fsp3) is 0.308. The Morgan fingerprint density at radius 2 is 2.00 bits per heavy atom. The van der Waals surface area contributed by atoms with Gasteiger partial charge in [-0.05, 0) is 25.0 Å². The molecule has 0 bridgehead atoms. The first-order chi connectivity index (χ1) is 7.07. The molecule has 0 spiro atoms. The molecule has 0 heterocycles. The van der Waals surface area contributed by atoms with Gasteiger partial charge in [0.05, 0.1) is 0 Å². The van der Waals surface area contributed by atoms with Gasteiger partial charge in [0, 0.05) is 18.3 Å². The van der Waals surface area contributed by atoms with Crippen LogP contribution in [0.2, 0.25) is 0 Å². The Hall–Kier alpha value is -1.57. The first-order valence-corrected chi connectivity index (χ1v) is 5.09. The molecule has 15 heavy (non-hydrogen) atoms. The predicted octanol–water partition coefficient (Wildman–Crippen LogP) is 2.92. The molecule has 80 valence electrons. The van der Waals surface area contributed by atoms with E-state index in [1.54, 1.807) is 11.9 Å². The van der Waals surface area contributed by atoms with E-state index in [0.717, 1.165) is 11.3 Å². The van der Waals surface area contributed by atoms with Crippen LogP contribution < -0.4 is 4.90 Å². The van der Waals surface area contributed by atoms with Crippen molar-refractivity contribution in [1.29, 1.82) is 0 Å². The number of aryl methyl sites for hydroxylation is 1. The summed E-state index contributed by atoms with van der Waals surface area (Å²) < 4.78 is 0. The van der Waals surface area contributed by atoms with Crippen LogP contribution in [-0.2, 0) is 4.79 Å². The summed E-state index contributed by atoms with van der Waals surface area (Å²) in [7, 11) is 1.78. The highest BCUT2D eigenvalue weighted by Gasteiger charge is 2.13. The molecule has 1 amide bonds. The molecule has 0 aromatic heterocycles. The van der Waals surface area contributed by atoms with Crippen LogP contribution in [0.25, 0.3) is 0 Å². The van der Waals surface area contributed by atoms with E-state index in [2.05, 4.69) is 6.58 Å². The number of likely N-dealkylation sites (N-methyl/N-ethyl adjacent to an activating group) is 1. The number of nitrogens with zero attached hydrogens (tertiary/aromatic N) is 1. The molecule has 2 nitrogen and oxygen atoms in total. The quantitative estimate of drug-likeness (QED) is 0.692. The third kappa shape index (κ3) is 2.46. The summed E-state index contributed by atoms with van der Waals surface area (Å²) in [6, 6.07) is 7.83. The lowest BCUT2D eigenvalue weighted by molar-refractivity contribution is -0.114. The minimum Gasteiger partial charge on any atom is -0.311 e. The van der Waals surface area contributed by atoms with E-state index in [1.807, 2.05) is 38.1 Å². The fourth-order valence-corrected chi connectivity index (χ4v) is 1.44. The molecule has 0 saturated carbocycles. The molecule has 0 aliphatic carbocycles. The van der Waals surface area contributed by atoms with E-state index in [9.17, 15) is 4.79 Å². The molecule has 1 aromatic carbocycles. The topological polar surface area (TPSA) is 20.3 Å². The summed E-state index contributed by atoms with van der Waals surface area (Å²) in [6.45, 7) is 7.69. The zero-order valence-electron chi connectivity index (χ0n) is 9.58. The minimum atomic E-state index is -0.00759. The number of benzene rings is 1. The number of hydrogen-bond donors (Lipinski definition) is 0. The summed E-state index contributed by atoms with van der Waals surface area (Å²) in [6.07, 6.45) is 0.690. The zero-order chi connectivity index (χ0) is 11.4. The number of carbonyl (C=O) groups excluding carboxylic acids is 1. The average Bonchev–Trinajstić information content (AvgIpc) is 2.26. The SMILES string of the molecule is C=C(CC)C(=O)N(C)c1ccccc1C. The molecule has 0 fully saturated rings. The number of rotatable bonds is 3. The molecule has 0 unspecified atom stereocenters. The highest BCUT2D eigenvalue weighted by Crippen LogP contribution is 2.19. The van der Waals surface area contributed by atoms with E-state index < -0.39 is 0 Å². The van der Waals surface area contributed by atoms with Crippen LogP contribution in [-0.4, -0.2) is 13.0 Å². The van der Waals surface area contributed by atoms with Crippen molar-refractivity contribution in [1.82, 2.24) is 0 Å². The Morgan fingerprint density at radius 3 is 2.53 bits per heavy atom. The lowest BCUT2D eigenvalue weighted by Gasteiger charge is -2.20. The predicted molar refractivity (Wildman–Crippen MR) is 64.0 cm³/mol. The number of para-hydroxylation sites is 1. The van der Waals surface area contributed by atoms with Crippen molar-refractivity contribution in [2.24, 2.45) is 0 Å². The second kappa shape index (κ2) is 4.78. The average molecular weight is 203 g/mol. The van der Waals surface area contributed by atoms with Crippen molar-refractivity contribution in [3.05, 3.63) is 42.0 Å². The molecule has 0 atom stereocenters. The van der Waals surface area contributed by atoms with Gasteiger partial charge in [-0.3, -0.25) is 4.79 Å². The molecule has 1 rings (SSSR count). The normalized spacial score (nSPS) is 9.80. The zero-order valence-corrected chi connectivity index (χ0v) is 9.58. The van der Waals surface area contributed by atoms with Gasteiger partial charge in [0.25, 0.3) is 5.91 Å². The maximum Gasteiger partial charge on any atom is 0.253 e. The van der Waals surface area contributed by atoms with Crippen molar-refractivity contribution in [3.8, 4) is 0 Å². The van der Waals surface area contributed by atoms with Crippen molar-refractivity contribution in [2.75, 3.05) is 11.9 Å². The largest absolute Gasteiger partial charge is 0.311 e. The van der Waals surface area contributed by atoms with E-state index in [0.29, 0.717) is 12.0 Å². The van der Waals surface area contributed by atoms with E-state index in [-0.39, 0.29) is 5.91 Å². The van der Waals surface area contributed by atoms with Gasteiger partial charge in [0.2, 0.25) is 0 Å². The highest BCUT2D eigenvalue weighted by atomic mass is 16.2. The van der Waals surface area contributed by atoms with Crippen LogP contribution in [0.3, 0.4) is 0 Å². The van der Waals surface area contributed by atoms with E-state index in [1.165, 1.54) is 0 Å². The van der Waals surface area contributed by atoms with Crippen LogP contribution in [0.15, 0.2) is 36.4 Å². The molecular formula is C13H17NO. The third-order valence-corrected chi connectivity index (χ3v) is 2.51. The summed E-state index contributed by atoms with van der Waals surface area (Å²) in [5.74, 6) is -0.00759. The fourth-order valence-electron chi connectivity index (χ4n) is 1.44. The number of amides is 1. The first-order valence-electron chi connectivity index (χ1n) is 5.09. The Balaban J connectivity index is 2.95. The van der Waals surface area contributed by atoms with Crippen LogP contribution in [0.4, 0.5) is 5.69 Å². The molecular weight excluding hydrogens is 186 g/mol. The number of hydrogen-bond acceptors (Lipinski definition) is 1. The monoisotopic (exact) mass is 203 g/mol. The minimum absolute atomic E-state index is 0.00759. The summed E-state index contributed by atoms with van der Waals surface area (Å²) in [4.78, 5) is 13.5. The molecule has 0 aliphatic heterocycles. The van der Waals surface area contributed by atoms with Crippen LogP contribution in [0, 0.1) is 6.92 Å². The lowest BCUT2D eigenvalue weighted by Crippen LogP contribution is -2.27. The molecule has 0 aliphatic rings. The Kier molecular flexibility index (Phi) is 3.67. The van der Waals surface area contributed by atoms with E-state index >= 15 is 0 Å². The highest BCUT2D eigenvalue weighted by molar-refractivity contribution is 6.05. The summed E-state index contributed by atoms with van der Waals surface area (Å²) >= 11 is 0. The van der Waals surface area contributed by atoms with Gasteiger partial charge >= 0.3 is 0 Å². The summed E-state index contributed by atoms with van der Waals surface area (Å²) in [5, 5.41) is 0. The Bertz CT molecular complexity index is 382. The van der Waals surface area contributed by atoms with Crippen molar-refractivity contribution >= 4 is 11.6 Å². The van der Waals surface area contributed by atoms with Gasteiger partial charge in [0.15, 0.2) is 0 Å². The second-order valence-corrected chi connectivity index (χ2v) is 3.61. The standard InChI is InChI=1S/C13H17NO/c1-5-10(2)13(15)14(4)12-9-7-6-8-11(12)3/h6-9H,2,5H2,1,3-4H3. The number of anilines is 1. The van der Waals surface area contributed by atoms with Crippen LogP contribution in [0.5, 0.6) is 0 Å². The number of carbonyl (C=O) groups is 1. The second-order valence-electron chi connectivity index (χ2n) is 3.61. The molecule has 2 heteroatoms. The maximum atomic E-state index is 11.9. The molecule has 0 radical (unpaired) electrons. The Labute approximate surface area is 91.2 Å². The molecule has 1 aromatic rings. The third-order valence-electron chi connectivity index (χ3n) is 2.51. The van der Waals surface area contributed by atoms with Gasteiger partial charge in [0.1, 0.15) is 0 Å². The van der Waals surface area contributed by atoms with Crippen molar-refractivity contribution < 1.29 is 4.79 Å². The maximum absolute atomic E-state index is 11.9. The van der Waals surface area contributed by atoms with Crippen LogP contribution in [0.1, 0.15) is 18.9 Å². The van der Waals surface area contributed by atoms with Gasteiger partial charge in [-0.15, -0.1) is 0 Å². The van der Waals surface area contributed by atoms with Gasteiger partial charge in [-0.1, -0.05) is 31.7 Å². The first kappa shape index (κ1) is 11.5. The van der Waals surface area contributed by atoms with Gasteiger partial charge in [-0.2, -0.15) is 0 Å². The van der Waals surface area contributed by atoms with Crippen LogP contribution >= 0.6 is 0 Å². The molecule has 0 N–H and O–H groups in total. The molecule has 0 saturated heterocycles. The summed E-state index contributed by atoms with van der Waals surface area (Å²) in [5.41, 5.74) is 2.68. The van der Waals surface area contributed by atoms with Gasteiger partial charge in [-0.25, -0.2) is 0 Å². The van der Waals surface area contributed by atoms with Crippen molar-refractivity contribution in [2.45, 2.75) is 20.3 Å². The van der Waals surface area contributed by atoms with E-state index in [4.69, 9.17) is 0 Å². The van der Waals surface area contributed by atoms with Gasteiger partial charge < -0.3 is 4.90 Å². The smallest absolute Gasteiger partial charge is 0.253 e. The lowest BCUT2D eigenvalue weighted by atomic mass is 10.1.